The number of amides is 2. The number of piperidine rings is 1. The van der Waals surface area contributed by atoms with Crippen molar-refractivity contribution in [2.24, 2.45) is 5.92 Å². The van der Waals surface area contributed by atoms with E-state index in [0.717, 1.165) is 35.1 Å². The summed E-state index contributed by atoms with van der Waals surface area (Å²) in [4.78, 5) is 39.4. The average Bonchev–Trinajstić information content (AvgIpc) is 3.19. The molecule has 2 aromatic carbocycles. The van der Waals surface area contributed by atoms with Crippen LogP contribution in [0.25, 0.3) is 11.1 Å². The predicted molar refractivity (Wildman–Crippen MR) is 133 cm³/mol. The first kappa shape index (κ1) is 24.8. The Kier molecular flexibility index (Phi) is 7.73. The van der Waals surface area contributed by atoms with E-state index in [1.165, 1.54) is 0 Å². The number of carbonyl (C=O) groups is 3. The molecule has 1 aliphatic carbocycles. The van der Waals surface area contributed by atoms with E-state index in [2.05, 4.69) is 29.6 Å². The molecule has 35 heavy (non-hydrogen) atoms. The smallest absolute Gasteiger partial charge is 0.407 e. The monoisotopic (exact) mass is 478 g/mol. The molecule has 1 heterocycles. The van der Waals surface area contributed by atoms with Gasteiger partial charge in [-0.1, -0.05) is 68.8 Å². The zero-order chi connectivity index (χ0) is 24.9. The van der Waals surface area contributed by atoms with Crippen molar-refractivity contribution in [1.82, 2.24) is 10.2 Å². The van der Waals surface area contributed by atoms with Crippen molar-refractivity contribution in [1.29, 1.82) is 0 Å². The first-order valence-electron chi connectivity index (χ1n) is 12.5. The third-order valence-electron chi connectivity index (χ3n) is 7.42. The van der Waals surface area contributed by atoms with Crippen LogP contribution in [0.1, 0.15) is 63.0 Å². The molecule has 7 heteroatoms. The SMILES string of the molecule is CCC(C)[C@H](NC(=O)OCC1c2ccccc2-c2ccccc21)C(=O)N1CCCC[C@@H]1CC(=O)O. The van der Waals surface area contributed by atoms with E-state index in [0.29, 0.717) is 19.4 Å². The summed E-state index contributed by atoms with van der Waals surface area (Å²) in [5.74, 6) is -1.32. The normalized spacial score (nSPS) is 18.8. The molecule has 1 saturated heterocycles. The predicted octanol–water partition coefficient (Wildman–Crippen LogP) is 4.80. The molecule has 4 rings (SSSR count). The lowest BCUT2D eigenvalue weighted by atomic mass is 9.94. The molecule has 2 amide bonds. The van der Waals surface area contributed by atoms with Crippen LogP contribution in [0, 0.1) is 5.92 Å². The number of fused-ring (bicyclic) bond motifs is 3. The van der Waals surface area contributed by atoms with Gasteiger partial charge in [-0.2, -0.15) is 0 Å². The van der Waals surface area contributed by atoms with Crippen LogP contribution in [0.5, 0.6) is 0 Å². The molecule has 0 radical (unpaired) electrons. The third-order valence-corrected chi connectivity index (χ3v) is 7.42. The minimum Gasteiger partial charge on any atom is -0.481 e. The van der Waals surface area contributed by atoms with Crippen molar-refractivity contribution < 1.29 is 24.2 Å². The van der Waals surface area contributed by atoms with Crippen molar-refractivity contribution in [2.45, 2.75) is 64.0 Å². The molecule has 1 fully saturated rings. The summed E-state index contributed by atoms with van der Waals surface area (Å²) >= 11 is 0. The number of likely N-dealkylation sites (tertiary alicyclic amines) is 1. The highest BCUT2D eigenvalue weighted by Gasteiger charge is 2.36. The molecule has 7 nitrogen and oxygen atoms in total. The molecule has 2 N–H and O–H groups in total. The second kappa shape index (κ2) is 10.9. The van der Waals surface area contributed by atoms with Gasteiger partial charge < -0.3 is 20.1 Å². The number of hydrogen-bond donors (Lipinski definition) is 2. The fourth-order valence-corrected chi connectivity index (χ4v) is 5.33. The van der Waals surface area contributed by atoms with E-state index in [9.17, 15) is 19.5 Å². The molecule has 2 aromatic rings. The minimum atomic E-state index is -0.917. The number of hydrogen-bond acceptors (Lipinski definition) is 4. The highest BCUT2D eigenvalue weighted by atomic mass is 16.5. The summed E-state index contributed by atoms with van der Waals surface area (Å²) in [6.07, 6.45) is 2.38. The van der Waals surface area contributed by atoms with Crippen LogP contribution in [0.3, 0.4) is 0 Å². The largest absolute Gasteiger partial charge is 0.481 e. The molecule has 3 atom stereocenters. The number of nitrogens with one attached hydrogen (secondary N) is 1. The summed E-state index contributed by atoms with van der Waals surface area (Å²) in [5.41, 5.74) is 4.56. The Labute approximate surface area is 206 Å². The van der Waals surface area contributed by atoms with Gasteiger partial charge in [-0.3, -0.25) is 9.59 Å². The van der Waals surface area contributed by atoms with E-state index >= 15 is 0 Å². The molecule has 0 saturated carbocycles. The summed E-state index contributed by atoms with van der Waals surface area (Å²) in [6, 6.07) is 15.2. The van der Waals surface area contributed by atoms with Crippen LogP contribution in [0.15, 0.2) is 48.5 Å². The van der Waals surface area contributed by atoms with Crippen LogP contribution in [-0.2, 0) is 14.3 Å². The number of ether oxygens (including phenoxy) is 1. The number of nitrogens with zero attached hydrogens (tertiary/aromatic N) is 1. The van der Waals surface area contributed by atoms with Gasteiger partial charge in [0.25, 0.3) is 0 Å². The fraction of sp³-hybridized carbons (Fsp3) is 0.464. The lowest BCUT2D eigenvalue weighted by Gasteiger charge is -2.38. The lowest BCUT2D eigenvalue weighted by molar-refractivity contribution is -0.143. The van der Waals surface area contributed by atoms with E-state index in [1.807, 2.05) is 38.1 Å². The van der Waals surface area contributed by atoms with Crippen LogP contribution in [0.2, 0.25) is 0 Å². The van der Waals surface area contributed by atoms with Crippen LogP contribution < -0.4 is 5.32 Å². The maximum absolute atomic E-state index is 13.5. The van der Waals surface area contributed by atoms with Crippen LogP contribution in [-0.4, -0.2) is 53.2 Å². The third kappa shape index (κ3) is 5.34. The van der Waals surface area contributed by atoms with Gasteiger partial charge in [0.2, 0.25) is 5.91 Å². The Bertz CT molecular complexity index is 1040. The zero-order valence-electron chi connectivity index (χ0n) is 20.4. The maximum atomic E-state index is 13.5. The van der Waals surface area contributed by atoms with E-state index < -0.39 is 18.1 Å². The molecule has 0 bridgehead atoms. The van der Waals surface area contributed by atoms with E-state index in [4.69, 9.17) is 4.74 Å². The number of benzene rings is 2. The topological polar surface area (TPSA) is 95.9 Å². The zero-order valence-corrected chi connectivity index (χ0v) is 20.4. The van der Waals surface area contributed by atoms with Crippen molar-refractivity contribution in [3.05, 3.63) is 59.7 Å². The van der Waals surface area contributed by atoms with Gasteiger partial charge in [-0.25, -0.2) is 4.79 Å². The van der Waals surface area contributed by atoms with Gasteiger partial charge >= 0.3 is 12.1 Å². The van der Waals surface area contributed by atoms with Gasteiger partial charge in [0, 0.05) is 18.5 Å². The van der Waals surface area contributed by atoms with Crippen molar-refractivity contribution >= 4 is 18.0 Å². The minimum absolute atomic E-state index is 0.0621. The van der Waals surface area contributed by atoms with Crippen molar-refractivity contribution in [3.63, 3.8) is 0 Å². The molecule has 2 aliphatic rings. The molecular formula is C28H34N2O5. The number of carboxylic acid groups (broad SMARTS) is 1. The number of alkyl carbamates (subject to hydrolysis) is 1. The van der Waals surface area contributed by atoms with Crippen LogP contribution in [0.4, 0.5) is 4.79 Å². The Morgan fingerprint density at radius 1 is 1.06 bits per heavy atom. The number of rotatable bonds is 8. The molecule has 186 valence electrons. The maximum Gasteiger partial charge on any atom is 0.407 e. The number of carbonyl (C=O) groups excluding carboxylic acids is 2. The summed E-state index contributed by atoms with van der Waals surface area (Å²) in [7, 11) is 0. The molecule has 1 aliphatic heterocycles. The highest BCUT2D eigenvalue weighted by molar-refractivity contribution is 5.87. The first-order chi connectivity index (χ1) is 16.9. The van der Waals surface area contributed by atoms with Gasteiger partial charge in [-0.05, 0) is 47.4 Å². The second-order valence-electron chi connectivity index (χ2n) is 9.61. The second-order valence-corrected chi connectivity index (χ2v) is 9.61. The number of aliphatic carboxylic acids is 1. The summed E-state index contributed by atoms with van der Waals surface area (Å²) in [5, 5.41) is 12.1. The quantitative estimate of drug-likeness (QED) is 0.568. The van der Waals surface area contributed by atoms with E-state index in [1.54, 1.807) is 4.90 Å². The highest BCUT2D eigenvalue weighted by Crippen LogP contribution is 2.44. The molecule has 0 spiro atoms. The van der Waals surface area contributed by atoms with Crippen LogP contribution >= 0.6 is 0 Å². The lowest BCUT2D eigenvalue weighted by Crippen LogP contribution is -2.56. The average molecular weight is 479 g/mol. The van der Waals surface area contributed by atoms with Gasteiger partial charge in [-0.15, -0.1) is 0 Å². The molecule has 1 unspecified atom stereocenters. The summed E-state index contributed by atoms with van der Waals surface area (Å²) < 4.78 is 5.68. The Hall–Kier alpha value is -3.35. The Morgan fingerprint density at radius 2 is 1.69 bits per heavy atom. The van der Waals surface area contributed by atoms with E-state index in [-0.39, 0.29) is 36.8 Å². The first-order valence-corrected chi connectivity index (χ1v) is 12.5. The summed E-state index contributed by atoms with van der Waals surface area (Å²) in [6.45, 7) is 4.57. The van der Waals surface area contributed by atoms with Crippen molar-refractivity contribution in [3.8, 4) is 11.1 Å². The van der Waals surface area contributed by atoms with Crippen molar-refractivity contribution in [2.75, 3.05) is 13.2 Å². The van der Waals surface area contributed by atoms with Gasteiger partial charge in [0.05, 0.1) is 6.42 Å². The Morgan fingerprint density at radius 3 is 2.29 bits per heavy atom. The van der Waals surface area contributed by atoms with Gasteiger partial charge in [0.15, 0.2) is 0 Å². The fourth-order valence-electron chi connectivity index (χ4n) is 5.33. The Balaban J connectivity index is 1.45. The molecular weight excluding hydrogens is 444 g/mol. The van der Waals surface area contributed by atoms with Gasteiger partial charge in [0.1, 0.15) is 12.6 Å². The molecule has 0 aromatic heterocycles. The standard InChI is InChI=1S/C28H34N2O5/c1-3-18(2)26(27(33)30-15-9-8-10-19(30)16-25(31)32)29-28(34)35-17-24-22-13-6-4-11-20(22)21-12-5-7-14-23(21)24/h4-7,11-14,18-19,24,26H,3,8-10,15-17H2,1-2H3,(H,29,34)(H,31,32)/t18?,19-,26+/m1/s1. The number of carboxylic acids is 1.